The Balaban J connectivity index is 2.81. The maximum atomic E-state index is 12.3. The van der Waals surface area contributed by atoms with Crippen LogP contribution in [-0.2, 0) is 4.79 Å². The lowest BCUT2D eigenvalue weighted by Gasteiger charge is -2.12. The molecule has 23 heavy (non-hydrogen) atoms. The predicted octanol–water partition coefficient (Wildman–Crippen LogP) is 2.97. The first-order chi connectivity index (χ1) is 10.8. The van der Waals surface area contributed by atoms with Gasteiger partial charge in [0.2, 0.25) is 5.91 Å². The highest BCUT2D eigenvalue weighted by Gasteiger charge is 2.23. The molecule has 0 radical (unpaired) electrons. The number of benzene rings is 1. The van der Waals surface area contributed by atoms with Crippen LogP contribution in [-0.4, -0.2) is 29.4 Å². The number of carbonyl (C=O) groups excluding carboxylic acids is 2. The lowest BCUT2D eigenvalue weighted by atomic mass is 10.1. The number of aromatic carboxylic acids is 1. The van der Waals surface area contributed by atoms with Crippen LogP contribution >= 0.6 is 67.8 Å². The van der Waals surface area contributed by atoms with Gasteiger partial charge >= 0.3 is 5.97 Å². The molecule has 0 heterocycles. The number of carboxylic acid groups (broad SMARTS) is 1. The fourth-order valence-electron chi connectivity index (χ4n) is 1.72. The summed E-state index contributed by atoms with van der Waals surface area (Å²) in [6.45, 7) is 3.72. The van der Waals surface area contributed by atoms with Gasteiger partial charge in [0.25, 0.3) is 5.91 Å². The zero-order valence-electron chi connectivity index (χ0n) is 11.8. The number of carbonyl (C=O) groups is 3. The van der Waals surface area contributed by atoms with Crippen molar-refractivity contribution in [3.05, 3.63) is 40.7 Å². The Kier molecular flexibility index (Phi) is 8.74. The summed E-state index contributed by atoms with van der Waals surface area (Å²) in [6.07, 6.45) is 2.06. The molecule has 1 aromatic rings. The van der Waals surface area contributed by atoms with Gasteiger partial charge in [-0.05, 0) is 86.5 Å². The fourth-order valence-corrected chi connectivity index (χ4v) is 6.04. The van der Waals surface area contributed by atoms with Crippen molar-refractivity contribution in [1.82, 2.24) is 10.6 Å². The Morgan fingerprint density at radius 3 is 2.35 bits per heavy atom. The molecule has 0 fully saturated rings. The van der Waals surface area contributed by atoms with Crippen molar-refractivity contribution in [2.24, 2.45) is 0 Å². The van der Waals surface area contributed by atoms with E-state index in [9.17, 15) is 19.5 Å². The first-order valence-electron chi connectivity index (χ1n) is 6.38. The molecule has 1 aromatic carbocycles. The van der Waals surface area contributed by atoms with Gasteiger partial charge in [0.1, 0.15) is 0 Å². The molecule has 3 N–H and O–H groups in total. The molecular weight excluding hydrogens is 641 g/mol. The van der Waals surface area contributed by atoms with Gasteiger partial charge in [-0.1, -0.05) is 6.58 Å². The molecule has 0 aliphatic carbocycles. The van der Waals surface area contributed by atoms with E-state index in [0.717, 1.165) is 0 Å². The van der Waals surface area contributed by atoms with Gasteiger partial charge in [-0.25, -0.2) is 4.79 Å². The van der Waals surface area contributed by atoms with E-state index in [1.54, 1.807) is 6.07 Å². The molecule has 0 aliphatic rings. The lowest BCUT2D eigenvalue weighted by Crippen LogP contribution is -2.28. The van der Waals surface area contributed by atoms with E-state index in [2.05, 4.69) is 17.2 Å². The molecular formula is C14H13I3N2O4. The molecule has 9 heteroatoms. The quantitative estimate of drug-likeness (QED) is 0.312. The second kappa shape index (κ2) is 9.76. The van der Waals surface area contributed by atoms with Crippen molar-refractivity contribution in [1.29, 1.82) is 0 Å². The number of rotatable bonds is 7. The van der Waals surface area contributed by atoms with Gasteiger partial charge in [0.15, 0.2) is 0 Å². The average molecular weight is 654 g/mol. The first kappa shape index (κ1) is 20.6. The van der Waals surface area contributed by atoms with Crippen LogP contribution in [0.3, 0.4) is 0 Å². The summed E-state index contributed by atoms with van der Waals surface area (Å²) in [5, 5.41) is 14.4. The monoisotopic (exact) mass is 654 g/mol. The summed E-state index contributed by atoms with van der Waals surface area (Å²) in [6, 6.07) is 1.67. The number of halogens is 3. The standard InChI is InChI=1S/C14H13I3N2O4/c1-2-18-9(20)4-3-5-19-13(21)10-7(15)6-8(16)11(12(10)17)14(22)23/h2,6H,1,3-5H2,(H,18,20)(H,19,21)(H,22,23). The van der Waals surface area contributed by atoms with E-state index in [0.29, 0.717) is 29.2 Å². The van der Waals surface area contributed by atoms with Gasteiger partial charge in [0.05, 0.1) is 11.1 Å². The van der Waals surface area contributed by atoms with Crippen LogP contribution in [0.2, 0.25) is 0 Å². The normalized spacial score (nSPS) is 10.0. The molecule has 0 spiro atoms. The molecule has 0 aliphatic heterocycles. The van der Waals surface area contributed by atoms with Crippen LogP contribution < -0.4 is 10.6 Å². The minimum absolute atomic E-state index is 0.127. The highest BCUT2D eigenvalue weighted by Crippen LogP contribution is 2.27. The SMILES string of the molecule is C=CNC(=O)CCCNC(=O)c1c(I)cc(I)c(C(=O)O)c1I. The number of amides is 2. The summed E-state index contributed by atoms with van der Waals surface area (Å²) in [5.74, 6) is -1.58. The fraction of sp³-hybridized carbons (Fsp3) is 0.214. The Bertz CT molecular complexity index is 662. The van der Waals surface area contributed by atoms with Gasteiger partial charge in [-0.2, -0.15) is 0 Å². The molecule has 0 bridgehead atoms. The second-order valence-corrected chi connectivity index (χ2v) is 7.74. The molecule has 0 atom stereocenters. The summed E-state index contributed by atoms with van der Waals surface area (Å²) in [4.78, 5) is 34.9. The maximum absolute atomic E-state index is 12.3. The number of nitrogens with one attached hydrogen (secondary N) is 2. The van der Waals surface area contributed by atoms with Crippen LogP contribution in [0.5, 0.6) is 0 Å². The Morgan fingerprint density at radius 1 is 1.17 bits per heavy atom. The predicted molar refractivity (Wildman–Crippen MR) is 111 cm³/mol. The van der Waals surface area contributed by atoms with Gasteiger partial charge < -0.3 is 15.7 Å². The van der Waals surface area contributed by atoms with E-state index < -0.39 is 5.97 Å². The highest BCUT2D eigenvalue weighted by atomic mass is 127. The maximum Gasteiger partial charge on any atom is 0.337 e. The lowest BCUT2D eigenvalue weighted by molar-refractivity contribution is -0.120. The number of hydrogen-bond donors (Lipinski definition) is 3. The minimum atomic E-state index is -1.06. The molecule has 124 valence electrons. The van der Waals surface area contributed by atoms with Crippen molar-refractivity contribution in [2.45, 2.75) is 12.8 Å². The average Bonchev–Trinajstić information content (AvgIpc) is 2.42. The smallest absolute Gasteiger partial charge is 0.337 e. The van der Waals surface area contributed by atoms with E-state index in [1.807, 2.05) is 67.8 Å². The number of hydrogen-bond acceptors (Lipinski definition) is 3. The van der Waals surface area contributed by atoms with Crippen molar-refractivity contribution in [3.63, 3.8) is 0 Å². The van der Waals surface area contributed by atoms with Gasteiger partial charge in [-0.3, -0.25) is 9.59 Å². The molecule has 6 nitrogen and oxygen atoms in total. The third-order valence-corrected chi connectivity index (χ3v) is 5.52. The molecule has 0 saturated carbocycles. The highest BCUT2D eigenvalue weighted by molar-refractivity contribution is 14.1. The van der Waals surface area contributed by atoms with Crippen molar-refractivity contribution in [3.8, 4) is 0 Å². The molecule has 0 saturated heterocycles. The van der Waals surface area contributed by atoms with Crippen LogP contribution in [0.4, 0.5) is 0 Å². The van der Waals surface area contributed by atoms with Gasteiger partial charge in [0, 0.05) is 23.7 Å². The molecule has 0 unspecified atom stereocenters. The topological polar surface area (TPSA) is 95.5 Å². The Hall–Kier alpha value is -0.440. The summed E-state index contributed by atoms with van der Waals surface area (Å²) in [5.41, 5.74) is 0.474. The summed E-state index contributed by atoms with van der Waals surface area (Å²) < 4.78 is 1.68. The van der Waals surface area contributed by atoms with Crippen molar-refractivity contribution < 1.29 is 19.5 Å². The second-order valence-electron chi connectivity index (χ2n) is 4.34. The van der Waals surface area contributed by atoms with Gasteiger partial charge in [-0.15, -0.1) is 0 Å². The largest absolute Gasteiger partial charge is 0.478 e. The molecule has 1 rings (SSSR count). The first-order valence-corrected chi connectivity index (χ1v) is 9.62. The van der Waals surface area contributed by atoms with E-state index >= 15 is 0 Å². The summed E-state index contributed by atoms with van der Waals surface area (Å²) in [7, 11) is 0. The summed E-state index contributed by atoms with van der Waals surface area (Å²) >= 11 is 5.83. The van der Waals surface area contributed by atoms with Crippen LogP contribution in [0.1, 0.15) is 33.6 Å². The van der Waals surface area contributed by atoms with E-state index in [-0.39, 0.29) is 23.8 Å². The molecule has 2 amide bonds. The van der Waals surface area contributed by atoms with Crippen molar-refractivity contribution in [2.75, 3.05) is 6.54 Å². The third kappa shape index (κ3) is 5.85. The molecule has 0 aromatic heterocycles. The zero-order valence-corrected chi connectivity index (χ0v) is 18.3. The Labute approximate surface area is 174 Å². The van der Waals surface area contributed by atoms with Crippen LogP contribution in [0.15, 0.2) is 18.8 Å². The van der Waals surface area contributed by atoms with Crippen molar-refractivity contribution >= 4 is 85.6 Å². The van der Waals surface area contributed by atoms with Crippen LogP contribution in [0.25, 0.3) is 0 Å². The minimum Gasteiger partial charge on any atom is -0.478 e. The van der Waals surface area contributed by atoms with Crippen LogP contribution in [0, 0.1) is 10.7 Å². The zero-order chi connectivity index (χ0) is 17.6. The van der Waals surface area contributed by atoms with E-state index in [4.69, 9.17) is 0 Å². The Morgan fingerprint density at radius 2 is 1.78 bits per heavy atom. The van der Waals surface area contributed by atoms with E-state index in [1.165, 1.54) is 6.20 Å². The number of carboxylic acids is 1. The third-order valence-electron chi connectivity index (χ3n) is 2.74.